The number of amides is 1. The molecule has 0 spiro atoms. The Balaban J connectivity index is 2.34. The first kappa shape index (κ1) is 11.7. The summed E-state index contributed by atoms with van der Waals surface area (Å²) in [6.45, 7) is 5.67. The minimum Gasteiger partial charge on any atom is -0.341 e. The van der Waals surface area contributed by atoms with Gasteiger partial charge in [-0.2, -0.15) is 5.10 Å². The van der Waals surface area contributed by atoms with Crippen molar-refractivity contribution in [2.75, 3.05) is 26.7 Å². The van der Waals surface area contributed by atoms with E-state index >= 15 is 0 Å². The van der Waals surface area contributed by atoms with Crippen molar-refractivity contribution < 1.29 is 4.79 Å². The van der Waals surface area contributed by atoms with Crippen molar-refractivity contribution in [3.63, 3.8) is 0 Å². The zero-order chi connectivity index (χ0) is 11.1. The van der Waals surface area contributed by atoms with Crippen LogP contribution in [0, 0.1) is 0 Å². The van der Waals surface area contributed by atoms with Gasteiger partial charge in [0.1, 0.15) is 6.34 Å². The number of carbonyl (C=O) groups excluding carboxylic acids is 1. The Morgan fingerprint density at radius 1 is 1.60 bits per heavy atom. The van der Waals surface area contributed by atoms with Crippen LogP contribution in [-0.4, -0.2) is 55.6 Å². The van der Waals surface area contributed by atoms with E-state index in [1.165, 1.54) is 0 Å². The predicted molar refractivity (Wildman–Crippen MR) is 61.1 cm³/mol. The normalized spacial score (nSPS) is 17.1. The van der Waals surface area contributed by atoms with Gasteiger partial charge in [-0.3, -0.25) is 14.8 Å². The van der Waals surface area contributed by atoms with E-state index in [-0.39, 0.29) is 5.91 Å². The summed E-state index contributed by atoms with van der Waals surface area (Å²) in [7, 11) is 1.68. The minimum absolute atomic E-state index is 0.249. The number of carbonyl (C=O) groups is 1. The second-order valence-corrected chi connectivity index (χ2v) is 3.52. The van der Waals surface area contributed by atoms with E-state index in [0.29, 0.717) is 19.5 Å². The van der Waals surface area contributed by atoms with E-state index in [0.717, 1.165) is 19.4 Å². The van der Waals surface area contributed by atoms with E-state index in [4.69, 9.17) is 0 Å². The molecule has 5 heteroatoms. The van der Waals surface area contributed by atoms with Gasteiger partial charge < -0.3 is 4.90 Å². The highest BCUT2D eigenvalue weighted by Crippen LogP contribution is 2.09. The third-order valence-electron chi connectivity index (χ3n) is 2.45. The highest BCUT2D eigenvalue weighted by molar-refractivity contribution is 5.76. The standard InChI is InChI=1S/C10H18N4O/c1-11-9-14(12-2)8-7-13-6-4-3-5-10(13)15/h9H,2-8H2,1H3. The van der Waals surface area contributed by atoms with Crippen molar-refractivity contribution in [3.8, 4) is 0 Å². The molecule has 0 atom stereocenters. The molecule has 0 radical (unpaired) electrons. The average molecular weight is 210 g/mol. The summed E-state index contributed by atoms with van der Waals surface area (Å²) in [5, 5.41) is 5.42. The van der Waals surface area contributed by atoms with Crippen LogP contribution < -0.4 is 0 Å². The quantitative estimate of drug-likeness (QED) is 0.378. The van der Waals surface area contributed by atoms with Gasteiger partial charge in [0.05, 0.1) is 6.54 Å². The van der Waals surface area contributed by atoms with Crippen LogP contribution in [0.3, 0.4) is 0 Å². The minimum atomic E-state index is 0.249. The molecule has 1 saturated heterocycles. The molecule has 84 valence electrons. The second-order valence-electron chi connectivity index (χ2n) is 3.52. The summed E-state index contributed by atoms with van der Waals surface area (Å²) >= 11 is 0. The molecule has 0 aromatic carbocycles. The lowest BCUT2D eigenvalue weighted by atomic mass is 10.1. The summed E-state index contributed by atoms with van der Waals surface area (Å²) < 4.78 is 0. The maximum absolute atomic E-state index is 11.5. The van der Waals surface area contributed by atoms with E-state index in [2.05, 4.69) is 16.8 Å². The molecule has 1 rings (SSSR count). The number of hydrogen-bond donors (Lipinski definition) is 0. The number of aliphatic imine (C=N–C) groups is 1. The van der Waals surface area contributed by atoms with Gasteiger partial charge in [-0.25, -0.2) is 0 Å². The number of hydrazone groups is 1. The van der Waals surface area contributed by atoms with Crippen LogP contribution in [0.25, 0.3) is 0 Å². The van der Waals surface area contributed by atoms with Crippen molar-refractivity contribution in [3.05, 3.63) is 0 Å². The van der Waals surface area contributed by atoms with Gasteiger partial charge in [0.25, 0.3) is 0 Å². The lowest BCUT2D eigenvalue weighted by Gasteiger charge is -2.27. The Morgan fingerprint density at radius 3 is 3.00 bits per heavy atom. The van der Waals surface area contributed by atoms with Crippen molar-refractivity contribution in [2.45, 2.75) is 19.3 Å². The van der Waals surface area contributed by atoms with Crippen LogP contribution >= 0.6 is 0 Å². The van der Waals surface area contributed by atoms with Gasteiger partial charge in [-0.05, 0) is 12.8 Å². The zero-order valence-corrected chi connectivity index (χ0v) is 9.22. The molecule has 1 heterocycles. The van der Waals surface area contributed by atoms with E-state index in [9.17, 15) is 4.79 Å². The smallest absolute Gasteiger partial charge is 0.222 e. The second kappa shape index (κ2) is 6.16. The number of rotatable bonds is 5. The summed E-state index contributed by atoms with van der Waals surface area (Å²) in [6, 6.07) is 0. The molecule has 5 nitrogen and oxygen atoms in total. The Morgan fingerprint density at radius 2 is 2.40 bits per heavy atom. The molecule has 1 aliphatic heterocycles. The van der Waals surface area contributed by atoms with Crippen LogP contribution in [0.1, 0.15) is 19.3 Å². The molecule has 0 aromatic rings. The molecule has 0 aromatic heterocycles. The van der Waals surface area contributed by atoms with Crippen molar-refractivity contribution in [2.24, 2.45) is 10.1 Å². The maximum atomic E-state index is 11.5. The first-order valence-electron chi connectivity index (χ1n) is 5.21. The van der Waals surface area contributed by atoms with Gasteiger partial charge in [0.15, 0.2) is 0 Å². The summed E-state index contributed by atoms with van der Waals surface area (Å²) in [4.78, 5) is 17.2. The summed E-state index contributed by atoms with van der Waals surface area (Å²) in [6.07, 6.45) is 4.43. The lowest BCUT2D eigenvalue weighted by Crippen LogP contribution is -2.39. The SMILES string of the molecule is C=NN(C=NC)CCN1CCCCC1=O. The largest absolute Gasteiger partial charge is 0.341 e. The fraction of sp³-hybridized carbons (Fsp3) is 0.700. The van der Waals surface area contributed by atoms with E-state index in [1.54, 1.807) is 18.4 Å². The third-order valence-corrected chi connectivity index (χ3v) is 2.45. The fourth-order valence-electron chi connectivity index (χ4n) is 1.62. The molecule has 0 saturated carbocycles. The first-order chi connectivity index (χ1) is 7.27. The molecule has 0 N–H and O–H groups in total. The maximum Gasteiger partial charge on any atom is 0.222 e. The van der Waals surface area contributed by atoms with Crippen LogP contribution in [0.4, 0.5) is 0 Å². The topological polar surface area (TPSA) is 48.3 Å². The van der Waals surface area contributed by atoms with Gasteiger partial charge in [-0.1, -0.05) is 0 Å². The van der Waals surface area contributed by atoms with Crippen LogP contribution in [0.15, 0.2) is 10.1 Å². The van der Waals surface area contributed by atoms with Crippen LogP contribution in [-0.2, 0) is 4.79 Å². The molecule has 0 aliphatic carbocycles. The number of nitrogens with zero attached hydrogens (tertiary/aromatic N) is 4. The van der Waals surface area contributed by atoms with Crippen molar-refractivity contribution in [1.82, 2.24) is 9.91 Å². The lowest BCUT2D eigenvalue weighted by molar-refractivity contribution is -0.133. The molecule has 0 unspecified atom stereocenters. The zero-order valence-electron chi connectivity index (χ0n) is 9.22. The number of hydrogen-bond acceptors (Lipinski definition) is 3. The van der Waals surface area contributed by atoms with Gasteiger partial charge in [0.2, 0.25) is 5.91 Å². The van der Waals surface area contributed by atoms with Gasteiger partial charge >= 0.3 is 0 Å². The van der Waals surface area contributed by atoms with Gasteiger partial charge in [0, 0.05) is 33.3 Å². The Hall–Kier alpha value is -1.39. The molecule has 15 heavy (non-hydrogen) atoms. The molecule has 1 aliphatic rings. The Labute approximate surface area is 90.5 Å². The van der Waals surface area contributed by atoms with E-state index < -0.39 is 0 Å². The molecular formula is C10H18N4O. The monoisotopic (exact) mass is 210 g/mol. The van der Waals surface area contributed by atoms with Crippen molar-refractivity contribution >= 4 is 19.0 Å². The van der Waals surface area contributed by atoms with Crippen molar-refractivity contribution in [1.29, 1.82) is 0 Å². The molecule has 1 amide bonds. The third kappa shape index (κ3) is 3.69. The highest BCUT2D eigenvalue weighted by Gasteiger charge is 2.17. The molecule has 0 bridgehead atoms. The van der Waals surface area contributed by atoms with Gasteiger partial charge in [-0.15, -0.1) is 0 Å². The predicted octanol–water partition coefficient (Wildman–Crippen LogP) is 0.575. The highest BCUT2D eigenvalue weighted by atomic mass is 16.2. The summed E-state index contributed by atoms with van der Waals surface area (Å²) in [5.41, 5.74) is 0. The number of likely N-dealkylation sites (tertiary alicyclic amines) is 1. The Bertz CT molecular complexity index is 252. The van der Waals surface area contributed by atoms with Crippen LogP contribution in [0.5, 0.6) is 0 Å². The Kier molecular flexibility index (Phi) is 4.80. The fourth-order valence-corrected chi connectivity index (χ4v) is 1.62. The molecular weight excluding hydrogens is 192 g/mol. The number of piperidine rings is 1. The average Bonchev–Trinajstić information content (AvgIpc) is 2.26. The first-order valence-corrected chi connectivity index (χ1v) is 5.21. The summed E-state index contributed by atoms with van der Waals surface area (Å²) in [5.74, 6) is 0.249. The van der Waals surface area contributed by atoms with Crippen LogP contribution in [0.2, 0.25) is 0 Å². The van der Waals surface area contributed by atoms with E-state index in [1.807, 2.05) is 4.90 Å². The molecule has 1 fully saturated rings.